The molecule has 0 atom stereocenters. The van der Waals surface area contributed by atoms with Crippen LogP contribution in [-0.4, -0.2) is 29.7 Å². The fourth-order valence-corrected chi connectivity index (χ4v) is 3.47. The van der Waals surface area contributed by atoms with Gasteiger partial charge in [-0.2, -0.15) is 0 Å². The molecular formula is C28H22FeN2O4+2. The summed E-state index contributed by atoms with van der Waals surface area (Å²) >= 11 is 0. The topological polar surface area (TPSA) is 75.7 Å². The zero-order valence-corrected chi connectivity index (χ0v) is 19.9. The van der Waals surface area contributed by atoms with Gasteiger partial charge in [-0.1, -0.05) is 12.1 Å². The Bertz CT molecular complexity index is 1030. The number of ether oxygens (including phenoxy) is 1. The van der Waals surface area contributed by atoms with E-state index in [0.717, 1.165) is 4.90 Å². The van der Waals surface area contributed by atoms with Crippen LogP contribution < -0.4 is 10.1 Å². The molecule has 3 aliphatic rings. The van der Waals surface area contributed by atoms with Crippen molar-refractivity contribution in [3.63, 3.8) is 0 Å². The molecule has 7 heteroatoms. The first-order valence-electron chi connectivity index (χ1n) is 10.6. The Morgan fingerprint density at radius 1 is 0.800 bits per heavy atom. The van der Waals surface area contributed by atoms with Gasteiger partial charge in [-0.25, -0.2) is 4.90 Å². The van der Waals surface area contributed by atoms with Crippen LogP contribution in [0.4, 0.5) is 5.69 Å². The maximum atomic E-state index is 13.1. The molecule has 35 heavy (non-hydrogen) atoms. The van der Waals surface area contributed by atoms with Crippen LogP contribution in [0.25, 0.3) is 0 Å². The number of benzene rings is 2. The number of hydrogen-bond donors (Lipinski definition) is 1. The number of imide groups is 1. The van der Waals surface area contributed by atoms with Gasteiger partial charge in [0.25, 0.3) is 17.7 Å². The average molecular weight is 506 g/mol. The van der Waals surface area contributed by atoms with Crippen molar-refractivity contribution in [2.75, 3.05) is 12.4 Å². The van der Waals surface area contributed by atoms with Gasteiger partial charge in [0.1, 0.15) is 11.4 Å². The van der Waals surface area contributed by atoms with E-state index in [1.807, 2.05) is 44.9 Å². The molecule has 1 heterocycles. The summed E-state index contributed by atoms with van der Waals surface area (Å²) in [6, 6.07) is 13.3. The first-order valence-corrected chi connectivity index (χ1v) is 10.6. The number of hydrogen-bond acceptors (Lipinski definition) is 4. The van der Waals surface area contributed by atoms with E-state index >= 15 is 0 Å². The summed E-state index contributed by atoms with van der Waals surface area (Å²) in [5, 5.41) is 2.74. The largest absolute Gasteiger partial charge is 2.00 e. The fraction of sp³-hybridized carbons (Fsp3) is 0.0357. The third-order valence-electron chi connectivity index (χ3n) is 5.16. The van der Waals surface area contributed by atoms with Crippen molar-refractivity contribution >= 4 is 23.4 Å². The van der Waals surface area contributed by atoms with E-state index in [-0.39, 0.29) is 33.9 Å². The number of fused-ring (bicyclic) bond motifs is 1. The van der Waals surface area contributed by atoms with Crippen LogP contribution in [0.2, 0.25) is 0 Å². The predicted octanol–water partition coefficient (Wildman–Crippen LogP) is 4.24. The third-order valence-corrected chi connectivity index (χ3v) is 5.16. The Balaban J connectivity index is 0.000000509. The van der Waals surface area contributed by atoms with Crippen molar-refractivity contribution in [3.05, 3.63) is 135 Å². The van der Waals surface area contributed by atoms with Crippen LogP contribution in [0.5, 0.6) is 5.75 Å². The summed E-state index contributed by atoms with van der Waals surface area (Å²) in [4.78, 5) is 39.8. The number of rotatable bonds is 5. The minimum Gasteiger partial charge on any atom is -0.497 e. The molecule has 2 aromatic rings. The number of nitrogens with zero attached hydrogens (tertiary/aromatic N) is 1. The summed E-state index contributed by atoms with van der Waals surface area (Å²) < 4.78 is 5.12. The first-order chi connectivity index (χ1) is 16.6. The second kappa shape index (κ2) is 12.7. The summed E-state index contributed by atoms with van der Waals surface area (Å²) in [6.45, 7) is 0. The van der Waals surface area contributed by atoms with Gasteiger partial charge >= 0.3 is 17.1 Å². The summed E-state index contributed by atoms with van der Waals surface area (Å²) in [5.74, 6) is -0.246. The van der Waals surface area contributed by atoms with Gasteiger partial charge in [-0.05, 0) is 100 Å². The van der Waals surface area contributed by atoms with E-state index in [1.54, 1.807) is 68.5 Å². The fourth-order valence-electron chi connectivity index (χ4n) is 3.47. The van der Waals surface area contributed by atoms with Crippen molar-refractivity contribution in [2.24, 2.45) is 0 Å². The predicted molar refractivity (Wildman–Crippen MR) is 129 cm³/mol. The Kier molecular flexibility index (Phi) is 9.70. The quantitative estimate of drug-likeness (QED) is 0.374. The second-order valence-electron chi connectivity index (χ2n) is 7.38. The maximum absolute atomic E-state index is 13.1. The van der Waals surface area contributed by atoms with E-state index in [0.29, 0.717) is 17.4 Å². The van der Waals surface area contributed by atoms with Gasteiger partial charge in [0.2, 0.25) is 0 Å². The Hall–Kier alpha value is -2.89. The minimum absolute atomic E-state index is 0. The van der Waals surface area contributed by atoms with Crippen LogP contribution in [0, 0.1) is 63.7 Å². The summed E-state index contributed by atoms with van der Waals surface area (Å²) in [5.41, 5.74) is 1.03. The van der Waals surface area contributed by atoms with E-state index < -0.39 is 17.7 Å². The van der Waals surface area contributed by atoms with E-state index in [4.69, 9.17) is 4.74 Å². The van der Waals surface area contributed by atoms with Crippen LogP contribution in [-0.2, 0) is 21.9 Å². The molecular weight excluding hydrogens is 484 g/mol. The number of amides is 3. The standard InChI is InChI=1S/C23H17N2O4.C5H5.Fe/c1-29-17-12-10-16(11-13-17)24-21(26)20(14-15-6-2-3-7-15)25-22(27)18-8-4-5-9-19(18)23(25)28;1-2-4-5-3-1;/h2-14H,1H3,(H,24,26);1-5H;/q;;+2/b20-14-;;. The number of anilines is 1. The van der Waals surface area contributed by atoms with Crippen molar-refractivity contribution in [3.8, 4) is 5.75 Å². The number of allylic oxidation sites excluding steroid dienone is 1. The van der Waals surface area contributed by atoms with Gasteiger partial charge in [0.05, 0.1) is 18.2 Å². The average Bonchev–Trinajstić information content (AvgIpc) is 3.64. The molecule has 3 amide bonds. The van der Waals surface area contributed by atoms with Gasteiger partial charge in [0, 0.05) is 11.6 Å². The molecule has 5 rings (SSSR count). The molecule has 1 aliphatic heterocycles. The zero-order valence-electron chi connectivity index (χ0n) is 18.8. The maximum Gasteiger partial charge on any atom is 2.00 e. The van der Waals surface area contributed by atoms with Crippen molar-refractivity contribution in [2.45, 2.75) is 0 Å². The first kappa shape index (κ1) is 26.7. The molecule has 0 bridgehead atoms. The number of carbonyl (C=O) groups excluding carboxylic acids is 3. The van der Waals surface area contributed by atoms with Crippen LogP contribution in [0.3, 0.4) is 0 Å². The smallest absolute Gasteiger partial charge is 0.497 e. The minimum atomic E-state index is -0.564. The van der Waals surface area contributed by atoms with Gasteiger partial charge < -0.3 is 10.1 Å². The van der Waals surface area contributed by atoms with Crippen molar-refractivity contribution < 1.29 is 36.2 Å². The Labute approximate surface area is 217 Å². The molecule has 0 saturated heterocycles. The second-order valence-corrected chi connectivity index (χ2v) is 7.38. The zero-order chi connectivity index (χ0) is 23.9. The molecule has 2 fully saturated rings. The van der Waals surface area contributed by atoms with Crippen LogP contribution >= 0.6 is 0 Å². The van der Waals surface area contributed by atoms with E-state index in [1.165, 1.54) is 6.08 Å². The van der Waals surface area contributed by atoms with E-state index in [9.17, 15) is 14.4 Å². The molecule has 2 aromatic carbocycles. The molecule has 0 unspecified atom stereocenters. The third kappa shape index (κ3) is 6.41. The number of methoxy groups -OCH3 is 1. The molecule has 1 N–H and O–H groups in total. The number of carbonyl (C=O) groups is 3. The monoisotopic (exact) mass is 506 g/mol. The van der Waals surface area contributed by atoms with Gasteiger partial charge in [0.15, 0.2) is 0 Å². The Morgan fingerprint density at radius 2 is 1.31 bits per heavy atom. The van der Waals surface area contributed by atoms with E-state index in [2.05, 4.69) is 5.32 Å². The molecule has 0 spiro atoms. The summed E-state index contributed by atoms with van der Waals surface area (Å²) in [6.07, 6.45) is 18.7. The summed E-state index contributed by atoms with van der Waals surface area (Å²) in [7, 11) is 1.55. The Morgan fingerprint density at radius 3 is 1.80 bits per heavy atom. The number of nitrogens with one attached hydrogen (secondary N) is 1. The van der Waals surface area contributed by atoms with Crippen molar-refractivity contribution in [1.29, 1.82) is 0 Å². The normalized spacial score (nSPS) is 17.4. The molecule has 0 aromatic heterocycles. The SMILES string of the molecule is COc1ccc(NC(=O)/C(=C/[C]2[CH][CH][CH][CH]2)N2C(=O)c3ccccc3C2=O)cc1.[CH]1[CH][CH][CH][CH]1.[Fe+2]. The van der Waals surface area contributed by atoms with Gasteiger partial charge in [-0.15, -0.1) is 0 Å². The molecule has 10 radical (unpaired) electrons. The van der Waals surface area contributed by atoms with Crippen LogP contribution in [0.15, 0.2) is 60.3 Å². The van der Waals surface area contributed by atoms with Crippen LogP contribution in [0.1, 0.15) is 20.7 Å². The molecule has 174 valence electrons. The molecule has 6 nitrogen and oxygen atoms in total. The van der Waals surface area contributed by atoms with Crippen molar-refractivity contribution in [1.82, 2.24) is 4.90 Å². The van der Waals surface area contributed by atoms with Gasteiger partial charge in [-0.3, -0.25) is 14.4 Å². The molecule has 2 aliphatic carbocycles. The molecule has 2 saturated carbocycles.